The lowest BCUT2D eigenvalue weighted by molar-refractivity contribution is 0.0823. The molecule has 1 aromatic carbocycles. The zero-order chi connectivity index (χ0) is 18.6. The minimum absolute atomic E-state index is 0.0946. The number of anilines is 1. The summed E-state index contributed by atoms with van der Waals surface area (Å²) in [5.74, 6) is -1.10. The van der Waals surface area contributed by atoms with Crippen molar-refractivity contribution in [3.63, 3.8) is 0 Å². The Morgan fingerprint density at radius 3 is 2.64 bits per heavy atom. The van der Waals surface area contributed by atoms with E-state index in [1.165, 1.54) is 31.1 Å². The number of carbonyl (C=O) groups is 2. The average molecular weight is 347 g/mol. The van der Waals surface area contributed by atoms with Gasteiger partial charge in [-0.15, -0.1) is 0 Å². The van der Waals surface area contributed by atoms with Crippen molar-refractivity contribution in [2.45, 2.75) is 26.3 Å². The van der Waals surface area contributed by atoms with E-state index in [2.05, 4.69) is 20.8 Å². The van der Waals surface area contributed by atoms with Crippen LogP contribution in [0.25, 0.3) is 0 Å². The Morgan fingerprint density at radius 1 is 1.32 bits per heavy atom. The molecule has 0 spiro atoms. The van der Waals surface area contributed by atoms with E-state index >= 15 is 0 Å². The SMILES string of the molecule is Cc1cc(C[C@@H](C)NC(=O)Nc2ccc(F)c(C(=O)N(C)C)c2)n[nH]1. The number of carbonyl (C=O) groups excluding carboxylic acids is 2. The molecule has 0 unspecified atom stereocenters. The van der Waals surface area contributed by atoms with Crippen LogP contribution in [0.3, 0.4) is 0 Å². The predicted octanol–water partition coefficient (Wildman–Crippen LogP) is 2.31. The molecule has 0 bridgehead atoms. The zero-order valence-corrected chi connectivity index (χ0v) is 14.7. The van der Waals surface area contributed by atoms with E-state index in [1.54, 1.807) is 0 Å². The topological polar surface area (TPSA) is 90.1 Å². The summed E-state index contributed by atoms with van der Waals surface area (Å²) >= 11 is 0. The second kappa shape index (κ2) is 7.78. The fourth-order valence-corrected chi connectivity index (χ4v) is 2.34. The summed E-state index contributed by atoms with van der Waals surface area (Å²) in [5, 5.41) is 12.4. The van der Waals surface area contributed by atoms with Gasteiger partial charge in [-0.1, -0.05) is 0 Å². The molecule has 3 amide bonds. The number of H-pyrrole nitrogens is 1. The minimum atomic E-state index is -0.632. The Kier molecular flexibility index (Phi) is 5.74. The molecule has 8 heteroatoms. The Morgan fingerprint density at radius 2 is 2.04 bits per heavy atom. The van der Waals surface area contributed by atoms with Gasteiger partial charge in [0.15, 0.2) is 0 Å². The van der Waals surface area contributed by atoms with Crippen molar-refractivity contribution in [1.82, 2.24) is 20.4 Å². The number of rotatable bonds is 5. The first-order valence-corrected chi connectivity index (χ1v) is 7.86. The molecule has 0 saturated heterocycles. The first-order chi connectivity index (χ1) is 11.8. The summed E-state index contributed by atoms with van der Waals surface area (Å²) in [7, 11) is 3.07. The first kappa shape index (κ1) is 18.4. The van der Waals surface area contributed by atoms with E-state index in [0.717, 1.165) is 17.5 Å². The number of nitrogens with one attached hydrogen (secondary N) is 3. The van der Waals surface area contributed by atoms with Crippen molar-refractivity contribution in [3.8, 4) is 0 Å². The Balaban J connectivity index is 1.98. The molecule has 0 saturated carbocycles. The molecule has 0 radical (unpaired) electrons. The number of amides is 3. The summed E-state index contributed by atoms with van der Waals surface area (Å²) in [4.78, 5) is 25.3. The van der Waals surface area contributed by atoms with Gasteiger partial charge < -0.3 is 15.5 Å². The third-order valence-corrected chi connectivity index (χ3v) is 3.51. The molecule has 2 rings (SSSR count). The molecule has 0 aliphatic heterocycles. The third-order valence-electron chi connectivity index (χ3n) is 3.51. The van der Waals surface area contributed by atoms with Gasteiger partial charge in [-0.25, -0.2) is 9.18 Å². The normalized spacial score (nSPS) is 11.7. The Labute approximate surface area is 145 Å². The van der Waals surface area contributed by atoms with Crippen LogP contribution in [0.5, 0.6) is 0 Å². The number of benzene rings is 1. The summed E-state index contributed by atoms with van der Waals surface area (Å²) < 4.78 is 13.8. The van der Waals surface area contributed by atoms with Gasteiger partial charge in [-0.05, 0) is 38.1 Å². The minimum Gasteiger partial charge on any atom is -0.345 e. The van der Waals surface area contributed by atoms with Crippen LogP contribution < -0.4 is 10.6 Å². The van der Waals surface area contributed by atoms with Gasteiger partial charge >= 0.3 is 6.03 Å². The first-order valence-electron chi connectivity index (χ1n) is 7.86. The van der Waals surface area contributed by atoms with Crippen molar-refractivity contribution in [2.24, 2.45) is 0 Å². The van der Waals surface area contributed by atoms with E-state index < -0.39 is 17.8 Å². The Hall–Kier alpha value is -2.90. The second-order valence-electron chi connectivity index (χ2n) is 6.14. The van der Waals surface area contributed by atoms with Crippen LogP contribution in [-0.2, 0) is 6.42 Å². The van der Waals surface area contributed by atoms with Gasteiger partial charge in [0.2, 0.25) is 0 Å². The van der Waals surface area contributed by atoms with Crippen LogP contribution in [0.2, 0.25) is 0 Å². The second-order valence-corrected chi connectivity index (χ2v) is 6.14. The molecule has 2 aromatic rings. The van der Waals surface area contributed by atoms with E-state index in [-0.39, 0.29) is 11.6 Å². The molecule has 134 valence electrons. The highest BCUT2D eigenvalue weighted by Gasteiger charge is 2.16. The number of aryl methyl sites for hydroxylation is 1. The molecule has 1 heterocycles. The maximum atomic E-state index is 13.8. The molecule has 1 aromatic heterocycles. The van der Waals surface area contributed by atoms with Crippen LogP contribution in [0.4, 0.5) is 14.9 Å². The molecule has 0 aliphatic rings. The number of hydrogen-bond donors (Lipinski definition) is 3. The molecule has 1 atom stereocenters. The summed E-state index contributed by atoms with van der Waals surface area (Å²) in [6.07, 6.45) is 0.575. The van der Waals surface area contributed by atoms with Crippen LogP contribution >= 0.6 is 0 Å². The lowest BCUT2D eigenvalue weighted by Crippen LogP contribution is -2.37. The molecule has 25 heavy (non-hydrogen) atoms. The van der Waals surface area contributed by atoms with Crippen molar-refractivity contribution >= 4 is 17.6 Å². The molecule has 0 aliphatic carbocycles. The van der Waals surface area contributed by atoms with Crippen molar-refractivity contribution in [3.05, 3.63) is 47.0 Å². The quantitative estimate of drug-likeness (QED) is 0.775. The third kappa shape index (κ3) is 5.03. The van der Waals surface area contributed by atoms with Crippen LogP contribution in [0.1, 0.15) is 28.7 Å². The van der Waals surface area contributed by atoms with Gasteiger partial charge in [-0.2, -0.15) is 5.10 Å². The molecular formula is C17H22FN5O2. The molecule has 0 fully saturated rings. The van der Waals surface area contributed by atoms with Gasteiger partial charge in [0, 0.05) is 37.9 Å². The lowest BCUT2D eigenvalue weighted by Gasteiger charge is -2.15. The van der Waals surface area contributed by atoms with Crippen molar-refractivity contribution in [2.75, 3.05) is 19.4 Å². The lowest BCUT2D eigenvalue weighted by atomic mass is 10.1. The molecular weight excluding hydrogens is 325 g/mol. The van der Waals surface area contributed by atoms with E-state index in [4.69, 9.17) is 0 Å². The monoisotopic (exact) mass is 347 g/mol. The highest BCUT2D eigenvalue weighted by atomic mass is 19.1. The number of aromatic amines is 1. The maximum absolute atomic E-state index is 13.8. The number of nitrogens with zero attached hydrogens (tertiary/aromatic N) is 2. The van der Waals surface area contributed by atoms with Crippen LogP contribution in [-0.4, -0.2) is 47.2 Å². The smallest absolute Gasteiger partial charge is 0.319 e. The average Bonchev–Trinajstić information content (AvgIpc) is 2.93. The van der Waals surface area contributed by atoms with E-state index in [0.29, 0.717) is 12.1 Å². The van der Waals surface area contributed by atoms with E-state index in [1.807, 2.05) is 19.9 Å². The predicted molar refractivity (Wildman–Crippen MR) is 93.1 cm³/mol. The zero-order valence-electron chi connectivity index (χ0n) is 14.7. The van der Waals surface area contributed by atoms with Gasteiger partial charge in [0.25, 0.3) is 5.91 Å². The van der Waals surface area contributed by atoms with Crippen LogP contribution in [0.15, 0.2) is 24.3 Å². The standard InChI is InChI=1S/C17H22FN5O2/c1-10(7-13-8-11(2)21-22-13)19-17(25)20-12-5-6-15(18)14(9-12)16(24)23(3)4/h5-6,8-10H,7H2,1-4H3,(H,21,22)(H2,19,20,25)/t10-/m1/s1. The summed E-state index contributed by atoms with van der Waals surface area (Å²) in [6, 6.07) is 5.21. The molecule has 7 nitrogen and oxygen atoms in total. The summed E-state index contributed by atoms with van der Waals surface area (Å²) in [6.45, 7) is 3.76. The van der Waals surface area contributed by atoms with Crippen molar-refractivity contribution < 1.29 is 14.0 Å². The van der Waals surface area contributed by atoms with Gasteiger partial charge in [0.05, 0.1) is 11.3 Å². The van der Waals surface area contributed by atoms with Gasteiger partial charge in [0.1, 0.15) is 5.82 Å². The maximum Gasteiger partial charge on any atom is 0.319 e. The van der Waals surface area contributed by atoms with Crippen LogP contribution in [0, 0.1) is 12.7 Å². The fourth-order valence-electron chi connectivity index (χ4n) is 2.34. The number of hydrogen-bond acceptors (Lipinski definition) is 3. The highest BCUT2D eigenvalue weighted by molar-refractivity contribution is 5.96. The van der Waals surface area contributed by atoms with E-state index in [9.17, 15) is 14.0 Å². The molecule has 3 N–H and O–H groups in total. The number of aromatic nitrogens is 2. The van der Waals surface area contributed by atoms with Crippen molar-refractivity contribution in [1.29, 1.82) is 0 Å². The van der Waals surface area contributed by atoms with Gasteiger partial charge in [-0.3, -0.25) is 9.89 Å². The Bertz CT molecular complexity index is 772. The fraction of sp³-hybridized carbons (Fsp3) is 0.353. The number of halogens is 1. The largest absolute Gasteiger partial charge is 0.345 e. The highest BCUT2D eigenvalue weighted by Crippen LogP contribution is 2.16. The number of urea groups is 1. The summed E-state index contributed by atoms with van der Waals surface area (Å²) in [5.41, 5.74) is 2.05.